The van der Waals surface area contributed by atoms with Gasteiger partial charge in [0.15, 0.2) is 4.96 Å². The number of imidazole rings is 1. The standard InChI is InChI=1S/C24H24N4O3S2/c1-31-21-6-4-3-5-18(21)22(29)26-19(11-13-32-2)23(30)25-17-9-7-16(8-10-17)20-15-28-12-14-33-24(28)27-20/h3-10,12,14-15,19H,11,13H2,1-2H3,(H,25,30)(H,26,29)/t19-/m0/s1. The lowest BCUT2D eigenvalue weighted by atomic mass is 10.1. The Morgan fingerprint density at radius 2 is 1.97 bits per heavy atom. The minimum absolute atomic E-state index is 0.262. The smallest absolute Gasteiger partial charge is 0.255 e. The second-order valence-corrected chi connectivity index (χ2v) is 9.15. The lowest BCUT2D eigenvalue weighted by Gasteiger charge is -2.19. The molecule has 2 amide bonds. The Kier molecular flexibility index (Phi) is 7.31. The van der Waals surface area contributed by atoms with Crippen LogP contribution in [0.3, 0.4) is 0 Å². The molecule has 4 rings (SSSR count). The molecule has 4 aromatic rings. The van der Waals surface area contributed by atoms with E-state index in [2.05, 4.69) is 15.6 Å². The van der Waals surface area contributed by atoms with Gasteiger partial charge in [0.25, 0.3) is 5.91 Å². The predicted molar refractivity (Wildman–Crippen MR) is 134 cm³/mol. The van der Waals surface area contributed by atoms with Gasteiger partial charge in [-0.05, 0) is 42.7 Å². The zero-order chi connectivity index (χ0) is 23.2. The van der Waals surface area contributed by atoms with Gasteiger partial charge in [0.05, 0.1) is 18.4 Å². The van der Waals surface area contributed by atoms with Crippen LogP contribution in [0, 0.1) is 0 Å². The third kappa shape index (κ3) is 5.37. The van der Waals surface area contributed by atoms with E-state index < -0.39 is 6.04 Å². The van der Waals surface area contributed by atoms with Crippen LogP contribution < -0.4 is 15.4 Å². The number of carbonyl (C=O) groups excluding carboxylic acids is 2. The van der Waals surface area contributed by atoms with Crippen LogP contribution in [-0.4, -0.2) is 46.4 Å². The molecule has 0 spiro atoms. The maximum absolute atomic E-state index is 13.0. The maximum Gasteiger partial charge on any atom is 0.255 e. The topological polar surface area (TPSA) is 84.7 Å². The van der Waals surface area contributed by atoms with Gasteiger partial charge in [0.2, 0.25) is 5.91 Å². The zero-order valence-corrected chi connectivity index (χ0v) is 19.9. The van der Waals surface area contributed by atoms with Gasteiger partial charge in [0.1, 0.15) is 11.8 Å². The summed E-state index contributed by atoms with van der Waals surface area (Å²) in [5, 5.41) is 7.77. The summed E-state index contributed by atoms with van der Waals surface area (Å²) in [5.41, 5.74) is 2.89. The fourth-order valence-corrected chi connectivity index (χ4v) is 4.56. The fourth-order valence-electron chi connectivity index (χ4n) is 3.39. The molecule has 2 N–H and O–H groups in total. The van der Waals surface area contributed by atoms with E-state index in [4.69, 9.17) is 4.74 Å². The van der Waals surface area contributed by atoms with Gasteiger partial charge < -0.3 is 15.4 Å². The number of methoxy groups -OCH3 is 1. The van der Waals surface area contributed by atoms with Crippen LogP contribution in [0.25, 0.3) is 16.2 Å². The number of benzene rings is 2. The highest BCUT2D eigenvalue weighted by Crippen LogP contribution is 2.23. The summed E-state index contributed by atoms with van der Waals surface area (Å²) in [6.45, 7) is 0. The lowest BCUT2D eigenvalue weighted by Crippen LogP contribution is -2.44. The molecule has 0 bridgehead atoms. The van der Waals surface area contributed by atoms with Crippen molar-refractivity contribution >= 4 is 45.6 Å². The number of para-hydroxylation sites is 1. The van der Waals surface area contributed by atoms with Crippen LogP contribution in [0.1, 0.15) is 16.8 Å². The number of anilines is 1. The summed E-state index contributed by atoms with van der Waals surface area (Å²) < 4.78 is 7.26. The Hall–Kier alpha value is -3.30. The lowest BCUT2D eigenvalue weighted by molar-refractivity contribution is -0.118. The highest BCUT2D eigenvalue weighted by Gasteiger charge is 2.23. The molecule has 2 aromatic carbocycles. The van der Waals surface area contributed by atoms with Crippen LogP contribution in [0.4, 0.5) is 5.69 Å². The minimum atomic E-state index is -0.672. The van der Waals surface area contributed by atoms with E-state index in [1.54, 1.807) is 47.4 Å². The van der Waals surface area contributed by atoms with E-state index in [1.165, 1.54) is 7.11 Å². The Morgan fingerprint density at radius 1 is 1.18 bits per heavy atom. The first-order chi connectivity index (χ1) is 16.1. The summed E-state index contributed by atoms with van der Waals surface area (Å²) in [7, 11) is 1.51. The van der Waals surface area contributed by atoms with Gasteiger partial charge in [-0.3, -0.25) is 14.0 Å². The maximum atomic E-state index is 13.0. The van der Waals surface area contributed by atoms with Crippen LogP contribution in [0.5, 0.6) is 5.75 Å². The van der Waals surface area contributed by atoms with E-state index in [0.717, 1.165) is 22.0 Å². The van der Waals surface area contributed by atoms with Crippen LogP contribution >= 0.6 is 23.1 Å². The number of thiazole rings is 1. The number of carbonyl (C=O) groups is 2. The highest BCUT2D eigenvalue weighted by atomic mass is 32.2. The van der Waals surface area contributed by atoms with Gasteiger partial charge in [-0.1, -0.05) is 24.3 Å². The van der Waals surface area contributed by atoms with Crippen LogP contribution in [0.15, 0.2) is 66.3 Å². The average molecular weight is 481 g/mol. The molecule has 2 aromatic heterocycles. The highest BCUT2D eigenvalue weighted by molar-refractivity contribution is 7.98. The van der Waals surface area contributed by atoms with Crippen LogP contribution in [0.2, 0.25) is 0 Å². The van der Waals surface area contributed by atoms with Crippen molar-refractivity contribution in [3.63, 3.8) is 0 Å². The molecule has 0 aliphatic heterocycles. The number of aromatic nitrogens is 2. The minimum Gasteiger partial charge on any atom is -0.496 e. The van der Waals surface area contributed by atoms with Crippen molar-refractivity contribution in [2.24, 2.45) is 0 Å². The van der Waals surface area contributed by atoms with Crippen LogP contribution in [-0.2, 0) is 4.79 Å². The fraction of sp³-hybridized carbons (Fsp3) is 0.208. The van der Waals surface area contributed by atoms with Crippen molar-refractivity contribution < 1.29 is 14.3 Å². The summed E-state index contributed by atoms with van der Waals surface area (Å²) >= 11 is 3.20. The quantitative estimate of drug-likeness (QED) is 0.367. The molecule has 170 valence electrons. The molecule has 33 heavy (non-hydrogen) atoms. The molecular weight excluding hydrogens is 456 g/mol. The van der Waals surface area contributed by atoms with Crippen molar-refractivity contribution in [2.75, 3.05) is 24.4 Å². The number of rotatable bonds is 9. The molecule has 7 nitrogen and oxygen atoms in total. The van der Waals surface area contributed by atoms with E-state index in [0.29, 0.717) is 23.4 Å². The van der Waals surface area contributed by atoms with Gasteiger partial charge in [-0.2, -0.15) is 11.8 Å². The van der Waals surface area contributed by atoms with Crippen molar-refractivity contribution in [1.82, 2.24) is 14.7 Å². The molecule has 0 saturated heterocycles. The molecule has 0 fully saturated rings. The van der Waals surface area contributed by atoms with E-state index in [1.807, 2.05) is 52.7 Å². The molecule has 9 heteroatoms. The third-order valence-electron chi connectivity index (χ3n) is 5.13. The largest absolute Gasteiger partial charge is 0.496 e. The number of hydrogen-bond acceptors (Lipinski definition) is 6. The van der Waals surface area contributed by atoms with Crippen molar-refractivity contribution in [1.29, 1.82) is 0 Å². The zero-order valence-electron chi connectivity index (χ0n) is 18.3. The number of nitrogens with zero attached hydrogens (tertiary/aromatic N) is 2. The number of hydrogen-bond donors (Lipinski definition) is 2. The molecular formula is C24H24N4O3S2. The van der Waals surface area contributed by atoms with E-state index in [-0.39, 0.29) is 11.8 Å². The normalized spacial score (nSPS) is 11.8. The number of amides is 2. The summed E-state index contributed by atoms with van der Waals surface area (Å²) in [6.07, 6.45) is 6.43. The Labute approximate surface area is 200 Å². The van der Waals surface area contributed by atoms with Crippen molar-refractivity contribution in [3.8, 4) is 17.0 Å². The molecule has 0 aliphatic carbocycles. The summed E-state index contributed by atoms with van der Waals surface area (Å²) in [5.74, 6) is 0.598. The number of ether oxygens (including phenoxy) is 1. The molecule has 0 saturated carbocycles. The van der Waals surface area contributed by atoms with Crippen molar-refractivity contribution in [3.05, 3.63) is 71.9 Å². The first-order valence-corrected chi connectivity index (χ1v) is 12.6. The van der Waals surface area contributed by atoms with E-state index >= 15 is 0 Å². The van der Waals surface area contributed by atoms with Gasteiger partial charge in [-0.15, -0.1) is 11.3 Å². The second-order valence-electron chi connectivity index (χ2n) is 7.29. The molecule has 1 atom stereocenters. The number of nitrogens with one attached hydrogen (secondary N) is 2. The number of thioether (sulfide) groups is 1. The second kappa shape index (κ2) is 10.5. The van der Waals surface area contributed by atoms with Gasteiger partial charge in [-0.25, -0.2) is 4.98 Å². The van der Waals surface area contributed by atoms with Gasteiger partial charge in [0, 0.05) is 29.0 Å². The molecule has 0 unspecified atom stereocenters. The monoisotopic (exact) mass is 480 g/mol. The van der Waals surface area contributed by atoms with E-state index in [9.17, 15) is 9.59 Å². The Bertz CT molecular complexity index is 1220. The third-order valence-corrected chi connectivity index (χ3v) is 6.54. The molecule has 0 radical (unpaired) electrons. The SMILES string of the molecule is COc1ccccc1C(=O)N[C@@H](CCSC)C(=O)Nc1ccc(-c2cn3ccsc3n2)cc1. The molecule has 2 heterocycles. The summed E-state index contributed by atoms with van der Waals surface area (Å²) in [6, 6.07) is 13.8. The Morgan fingerprint density at radius 3 is 2.70 bits per heavy atom. The Balaban J connectivity index is 1.45. The first-order valence-electron chi connectivity index (χ1n) is 10.4. The number of fused-ring (bicyclic) bond motifs is 1. The first kappa shape index (κ1) is 22.9. The average Bonchev–Trinajstić information content (AvgIpc) is 3.44. The van der Waals surface area contributed by atoms with Crippen molar-refractivity contribution in [2.45, 2.75) is 12.5 Å². The van der Waals surface area contributed by atoms with Gasteiger partial charge >= 0.3 is 0 Å². The predicted octanol–water partition coefficient (Wildman–Crippen LogP) is 4.56. The summed E-state index contributed by atoms with van der Waals surface area (Å²) in [4.78, 5) is 31.4. The molecule has 0 aliphatic rings.